The fraction of sp³-hybridized carbons (Fsp3) is 0.435. The zero-order chi connectivity index (χ0) is 20.8. The number of carbonyl (C=O) groups is 1. The summed E-state index contributed by atoms with van der Waals surface area (Å²) in [5.41, 5.74) is 2.08. The van der Waals surface area contributed by atoms with E-state index in [-0.39, 0.29) is 5.91 Å². The van der Waals surface area contributed by atoms with Gasteiger partial charge in [-0.1, -0.05) is 0 Å². The third kappa shape index (κ3) is 5.43. The Morgan fingerprint density at radius 2 is 1.67 bits per heavy atom. The normalized spacial score (nSPS) is 20.8. The van der Waals surface area contributed by atoms with Gasteiger partial charge in [0.25, 0.3) is 5.91 Å². The van der Waals surface area contributed by atoms with E-state index in [1.165, 1.54) is 10.5 Å². The fourth-order valence-electron chi connectivity index (χ4n) is 4.02. The average molecular weight is 414 g/mol. The molecule has 1 amide bonds. The summed E-state index contributed by atoms with van der Waals surface area (Å²) >= 11 is 0. The molecule has 1 saturated heterocycles. The Labute approximate surface area is 177 Å². The average Bonchev–Trinajstić information content (AvgIpc) is 3.01. The van der Waals surface area contributed by atoms with Gasteiger partial charge in [-0.15, -0.1) is 0 Å². The van der Waals surface area contributed by atoms with Gasteiger partial charge in [0.2, 0.25) is 0 Å². The van der Waals surface area contributed by atoms with Crippen molar-refractivity contribution in [3.05, 3.63) is 48.0 Å². The first-order chi connectivity index (χ1) is 14.7. The summed E-state index contributed by atoms with van der Waals surface area (Å²) < 4.78 is 16.6. The first-order valence-electron chi connectivity index (χ1n) is 10.7. The minimum absolute atomic E-state index is 0.0399. The smallest absolute Gasteiger partial charge is 0.279 e. The Morgan fingerprint density at radius 1 is 0.967 bits per heavy atom. The van der Waals surface area contributed by atoms with Gasteiger partial charge in [0.15, 0.2) is 18.0 Å². The zero-order valence-electron chi connectivity index (χ0n) is 17.5. The number of benzene rings is 2. The molecule has 0 unspecified atom stereocenters. The van der Waals surface area contributed by atoms with E-state index in [1.54, 1.807) is 12.0 Å². The molecule has 0 bridgehead atoms. The molecule has 4 rings (SSSR count). The lowest BCUT2D eigenvalue weighted by atomic mass is 10.2. The van der Waals surface area contributed by atoms with E-state index in [2.05, 4.69) is 17.4 Å². The fourth-order valence-corrected chi connectivity index (χ4v) is 4.02. The molecule has 0 saturated carbocycles. The van der Waals surface area contributed by atoms with Crippen LogP contribution in [0.1, 0.15) is 12.0 Å². The number of amides is 1. The molecule has 160 valence electrons. The van der Waals surface area contributed by atoms with E-state index < -0.39 is 0 Å². The van der Waals surface area contributed by atoms with Crippen molar-refractivity contribution in [3.8, 4) is 17.2 Å². The number of anilines is 1. The molecule has 7 heteroatoms. The van der Waals surface area contributed by atoms with Crippen LogP contribution in [0.3, 0.4) is 0 Å². The van der Waals surface area contributed by atoms with Crippen molar-refractivity contribution in [3.63, 3.8) is 0 Å². The molecule has 0 radical (unpaired) electrons. The number of carbonyl (C=O) groups excluding carboxylic acids is 1. The molecule has 0 atom stereocenters. The molecular formula is C23H31N3O4+2. The molecule has 1 fully saturated rings. The monoisotopic (exact) mass is 413 g/mol. The minimum atomic E-state index is 0.0399. The summed E-state index contributed by atoms with van der Waals surface area (Å²) in [7, 11) is 1.69. The lowest BCUT2D eigenvalue weighted by Gasteiger charge is -2.29. The summed E-state index contributed by atoms with van der Waals surface area (Å²) in [6.07, 6.45) is 0.867. The molecule has 2 aromatic carbocycles. The Kier molecular flexibility index (Phi) is 6.71. The van der Waals surface area contributed by atoms with Gasteiger partial charge in [-0.05, 0) is 36.4 Å². The minimum Gasteiger partial charge on any atom is -0.497 e. The van der Waals surface area contributed by atoms with Crippen molar-refractivity contribution in [2.75, 3.05) is 58.4 Å². The Morgan fingerprint density at radius 3 is 2.40 bits per heavy atom. The molecule has 2 heterocycles. The molecule has 2 aliphatic rings. The van der Waals surface area contributed by atoms with Crippen LogP contribution in [0.15, 0.2) is 42.5 Å². The highest BCUT2D eigenvalue weighted by atomic mass is 16.5. The number of quaternary nitrogens is 2. The first kappa shape index (κ1) is 20.5. The summed E-state index contributed by atoms with van der Waals surface area (Å²) in [6, 6.07) is 13.9. The maximum atomic E-state index is 12.5. The van der Waals surface area contributed by atoms with Crippen LogP contribution in [0, 0.1) is 0 Å². The number of hydrogen-bond donors (Lipinski definition) is 3. The number of rotatable bonds is 6. The predicted molar refractivity (Wildman–Crippen MR) is 114 cm³/mol. The maximum absolute atomic E-state index is 12.5. The van der Waals surface area contributed by atoms with Gasteiger partial charge in [-0.3, -0.25) is 4.79 Å². The third-order valence-electron chi connectivity index (χ3n) is 5.72. The van der Waals surface area contributed by atoms with Crippen LogP contribution >= 0.6 is 0 Å². The van der Waals surface area contributed by atoms with E-state index in [1.807, 2.05) is 30.3 Å². The standard InChI is InChI=1S/C23H29N3O4/c1-28-20-6-3-18(4-7-20)16-25-9-11-26(12-10-25)17-23(27)24-19-5-8-21-22(15-19)30-14-2-13-29-21/h3-8,15H,2,9-14,16-17H2,1H3,(H,24,27)/p+2. The number of nitrogens with one attached hydrogen (secondary N) is 3. The highest BCUT2D eigenvalue weighted by molar-refractivity contribution is 5.91. The Bertz CT molecular complexity index is 848. The van der Waals surface area contributed by atoms with E-state index in [4.69, 9.17) is 14.2 Å². The van der Waals surface area contributed by atoms with Crippen molar-refractivity contribution >= 4 is 11.6 Å². The van der Waals surface area contributed by atoms with E-state index >= 15 is 0 Å². The summed E-state index contributed by atoms with van der Waals surface area (Å²) in [5, 5.41) is 3.01. The van der Waals surface area contributed by atoms with E-state index in [0.717, 1.165) is 56.3 Å². The first-order valence-corrected chi connectivity index (χ1v) is 10.7. The van der Waals surface area contributed by atoms with Crippen LogP contribution in [-0.4, -0.2) is 59.0 Å². The van der Waals surface area contributed by atoms with Gasteiger partial charge in [0, 0.05) is 23.7 Å². The van der Waals surface area contributed by atoms with Crippen LogP contribution < -0.4 is 29.3 Å². The van der Waals surface area contributed by atoms with Crippen molar-refractivity contribution in [2.45, 2.75) is 13.0 Å². The molecule has 30 heavy (non-hydrogen) atoms. The van der Waals surface area contributed by atoms with Gasteiger partial charge < -0.3 is 29.3 Å². The number of piperazine rings is 1. The lowest BCUT2D eigenvalue weighted by molar-refractivity contribution is -1.02. The van der Waals surface area contributed by atoms with Crippen molar-refractivity contribution in [1.82, 2.24) is 0 Å². The quantitative estimate of drug-likeness (QED) is 0.613. The summed E-state index contributed by atoms with van der Waals surface area (Å²) in [5.74, 6) is 2.38. The Hall–Kier alpha value is -2.77. The SMILES string of the molecule is COc1ccc(C[NH+]2CC[NH+](CC(=O)Nc3ccc4c(c3)OCCCO4)CC2)cc1. The highest BCUT2D eigenvalue weighted by Gasteiger charge is 2.25. The van der Waals surface area contributed by atoms with Crippen LogP contribution in [-0.2, 0) is 11.3 Å². The summed E-state index contributed by atoms with van der Waals surface area (Å²) in [4.78, 5) is 15.4. The van der Waals surface area contributed by atoms with E-state index in [0.29, 0.717) is 25.5 Å². The highest BCUT2D eigenvalue weighted by Crippen LogP contribution is 2.32. The topological polar surface area (TPSA) is 65.7 Å². The molecule has 2 aliphatic heterocycles. The van der Waals surface area contributed by atoms with Gasteiger partial charge >= 0.3 is 0 Å². The van der Waals surface area contributed by atoms with Gasteiger partial charge in [0.1, 0.15) is 38.5 Å². The van der Waals surface area contributed by atoms with Crippen LogP contribution in [0.5, 0.6) is 17.2 Å². The van der Waals surface area contributed by atoms with Gasteiger partial charge in [0.05, 0.1) is 20.3 Å². The molecule has 0 aromatic heterocycles. The zero-order valence-corrected chi connectivity index (χ0v) is 17.5. The second kappa shape index (κ2) is 9.82. The molecule has 7 nitrogen and oxygen atoms in total. The van der Waals surface area contributed by atoms with Gasteiger partial charge in [-0.25, -0.2) is 0 Å². The predicted octanol–water partition coefficient (Wildman–Crippen LogP) is -0.221. The Balaban J connectivity index is 1.23. The molecule has 0 spiro atoms. The van der Waals surface area contributed by atoms with Crippen LogP contribution in [0.2, 0.25) is 0 Å². The lowest BCUT2D eigenvalue weighted by Crippen LogP contribution is -3.28. The third-order valence-corrected chi connectivity index (χ3v) is 5.72. The molecule has 2 aromatic rings. The molecule has 0 aliphatic carbocycles. The van der Waals surface area contributed by atoms with Crippen LogP contribution in [0.4, 0.5) is 5.69 Å². The number of hydrogen-bond acceptors (Lipinski definition) is 4. The van der Waals surface area contributed by atoms with Crippen molar-refractivity contribution < 1.29 is 28.8 Å². The second-order valence-electron chi connectivity index (χ2n) is 7.96. The number of methoxy groups -OCH3 is 1. The molecule has 3 N–H and O–H groups in total. The molecular weight excluding hydrogens is 382 g/mol. The second-order valence-corrected chi connectivity index (χ2v) is 7.96. The number of fused-ring (bicyclic) bond motifs is 1. The largest absolute Gasteiger partial charge is 0.497 e. The maximum Gasteiger partial charge on any atom is 0.279 e. The summed E-state index contributed by atoms with van der Waals surface area (Å²) in [6.45, 7) is 6.94. The van der Waals surface area contributed by atoms with Crippen LogP contribution in [0.25, 0.3) is 0 Å². The van der Waals surface area contributed by atoms with Crippen molar-refractivity contribution in [2.24, 2.45) is 0 Å². The number of ether oxygens (including phenoxy) is 3. The van der Waals surface area contributed by atoms with Crippen molar-refractivity contribution in [1.29, 1.82) is 0 Å². The van der Waals surface area contributed by atoms with Gasteiger partial charge in [-0.2, -0.15) is 0 Å². The van der Waals surface area contributed by atoms with E-state index in [9.17, 15) is 4.79 Å².